The maximum Gasteiger partial charge on any atom is 0.214 e. The summed E-state index contributed by atoms with van der Waals surface area (Å²) in [7, 11) is -3.35. The van der Waals surface area contributed by atoms with E-state index in [0.29, 0.717) is 57.6 Å². The maximum atomic E-state index is 12.2. The quantitative estimate of drug-likeness (QED) is 0.878. The lowest BCUT2D eigenvalue weighted by molar-refractivity contribution is -0.120. The van der Waals surface area contributed by atoms with Crippen LogP contribution in [-0.2, 0) is 21.2 Å². The number of nitrogens with one attached hydrogen (secondary N) is 1. The number of fused-ring (bicyclic) bond motifs is 1. The first kappa shape index (κ1) is 16.3. The van der Waals surface area contributed by atoms with Crippen molar-refractivity contribution in [2.75, 3.05) is 19.8 Å². The van der Waals surface area contributed by atoms with E-state index in [0.717, 1.165) is 11.3 Å². The van der Waals surface area contributed by atoms with Gasteiger partial charge in [-0.1, -0.05) is 6.07 Å². The summed E-state index contributed by atoms with van der Waals surface area (Å²) in [5, 5.41) is -0.444. The van der Waals surface area contributed by atoms with Crippen molar-refractivity contribution in [3.05, 3.63) is 23.8 Å². The summed E-state index contributed by atoms with van der Waals surface area (Å²) in [5.41, 5.74) is 0.996. The highest BCUT2D eigenvalue weighted by Gasteiger charge is 2.29. The van der Waals surface area contributed by atoms with E-state index in [1.807, 2.05) is 18.2 Å². The van der Waals surface area contributed by atoms with Crippen molar-refractivity contribution in [3.63, 3.8) is 0 Å². The summed E-state index contributed by atoms with van der Waals surface area (Å²) in [6, 6.07) is 5.66. The first-order valence-corrected chi connectivity index (χ1v) is 9.48. The molecular formula is C16H21NO5S. The Kier molecular flexibility index (Phi) is 4.87. The molecule has 23 heavy (non-hydrogen) atoms. The fraction of sp³-hybridized carbons (Fsp3) is 0.562. The van der Waals surface area contributed by atoms with Crippen molar-refractivity contribution < 1.29 is 22.7 Å². The number of benzene rings is 1. The van der Waals surface area contributed by atoms with Crippen molar-refractivity contribution in [3.8, 4) is 11.5 Å². The third-order valence-corrected chi connectivity index (χ3v) is 6.21. The van der Waals surface area contributed by atoms with Crippen LogP contribution in [0.4, 0.5) is 0 Å². The van der Waals surface area contributed by atoms with Gasteiger partial charge in [0, 0.05) is 19.4 Å². The Bertz CT molecular complexity index is 676. The molecule has 0 unspecified atom stereocenters. The van der Waals surface area contributed by atoms with Crippen LogP contribution in [0.1, 0.15) is 31.2 Å². The maximum absolute atomic E-state index is 12.2. The van der Waals surface area contributed by atoms with E-state index in [2.05, 4.69) is 4.72 Å². The van der Waals surface area contributed by atoms with E-state index in [1.165, 1.54) is 0 Å². The lowest BCUT2D eigenvalue weighted by Gasteiger charge is -2.21. The smallest absolute Gasteiger partial charge is 0.214 e. The lowest BCUT2D eigenvalue weighted by Crippen LogP contribution is -2.37. The van der Waals surface area contributed by atoms with Gasteiger partial charge in [0.1, 0.15) is 19.0 Å². The average Bonchev–Trinajstić information content (AvgIpc) is 2.55. The number of rotatable bonds is 5. The highest BCUT2D eigenvalue weighted by atomic mass is 32.2. The van der Waals surface area contributed by atoms with Gasteiger partial charge in [0.05, 0.1) is 5.25 Å². The summed E-state index contributed by atoms with van der Waals surface area (Å²) in [5.74, 6) is 1.60. The summed E-state index contributed by atoms with van der Waals surface area (Å²) >= 11 is 0. The molecule has 1 N–H and O–H groups in total. The average molecular weight is 339 g/mol. The van der Waals surface area contributed by atoms with Crippen LogP contribution in [0.15, 0.2) is 18.2 Å². The normalized spacial score (nSPS) is 18.9. The number of hydrogen-bond donors (Lipinski definition) is 1. The van der Waals surface area contributed by atoms with Crippen LogP contribution in [0.3, 0.4) is 0 Å². The third-order valence-electron chi connectivity index (χ3n) is 4.25. The predicted molar refractivity (Wildman–Crippen MR) is 85.3 cm³/mol. The minimum atomic E-state index is -3.35. The van der Waals surface area contributed by atoms with E-state index < -0.39 is 15.3 Å². The number of sulfonamides is 1. The fourth-order valence-corrected chi connectivity index (χ4v) is 4.40. The van der Waals surface area contributed by atoms with Gasteiger partial charge < -0.3 is 9.47 Å². The number of hydrogen-bond acceptors (Lipinski definition) is 5. The second kappa shape index (κ2) is 6.88. The summed E-state index contributed by atoms with van der Waals surface area (Å²) in [6.45, 7) is 1.42. The van der Waals surface area contributed by atoms with Crippen LogP contribution in [0.2, 0.25) is 0 Å². The Morgan fingerprint density at radius 2 is 1.78 bits per heavy atom. The Labute approximate surface area is 136 Å². The zero-order valence-corrected chi connectivity index (χ0v) is 13.7. The summed E-state index contributed by atoms with van der Waals surface area (Å²) < 4.78 is 38.1. The minimum absolute atomic E-state index is 0.160. The van der Waals surface area contributed by atoms with E-state index >= 15 is 0 Å². The molecule has 0 amide bonds. The molecular weight excluding hydrogens is 318 g/mol. The third kappa shape index (κ3) is 4.03. The number of carbonyl (C=O) groups excluding carboxylic acids is 1. The zero-order chi connectivity index (χ0) is 16.3. The largest absolute Gasteiger partial charge is 0.486 e. The van der Waals surface area contributed by atoms with E-state index in [4.69, 9.17) is 9.47 Å². The van der Waals surface area contributed by atoms with Gasteiger partial charge in [0.15, 0.2) is 11.5 Å². The molecule has 1 fully saturated rings. The van der Waals surface area contributed by atoms with Gasteiger partial charge in [0.2, 0.25) is 10.0 Å². The van der Waals surface area contributed by atoms with Crippen LogP contribution < -0.4 is 14.2 Å². The predicted octanol–water partition coefficient (Wildman–Crippen LogP) is 1.43. The molecule has 1 aliphatic heterocycles. The van der Waals surface area contributed by atoms with Gasteiger partial charge in [-0.15, -0.1) is 0 Å². The molecule has 1 saturated carbocycles. The first-order chi connectivity index (χ1) is 11.0. The summed E-state index contributed by atoms with van der Waals surface area (Å²) in [4.78, 5) is 11.2. The monoisotopic (exact) mass is 339 g/mol. The van der Waals surface area contributed by atoms with Crippen LogP contribution in [0, 0.1) is 0 Å². The topological polar surface area (TPSA) is 81.7 Å². The van der Waals surface area contributed by atoms with Crippen molar-refractivity contribution in [2.24, 2.45) is 0 Å². The Morgan fingerprint density at radius 1 is 1.09 bits per heavy atom. The number of Topliss-reactive ketones (excluding diaryl/α,β-unsaturated/α-hetero) is 1. The highest BCUT2D eigenvalue weighted by molar-refractivity contribution is 7.90. The van der Waals surface area contributed by atoms with Gasteiger partial charge >= 0.3 is 0 Å². The summed E-state index contributed by atoms with van der Waals surface area (Å²) in [6.07, 6.45) is 2.18. The number of ether oxygens (including phenoxy) is 2. The molecule has 3 rings (SSSR count). The second-order valence-corrected chi connectivity index (χ2v) is 7.95. The molecule has 6 nitrogen and oxygen atoms in total. The van der Waals surface area contributed by atoms with E-state index in [-0.39, 0.29) is 5.78 Å². The van der Waals surface area contributed by atoms with Crippen LogP contribution in [0.5, 0.6) is 11.5 Å². The molecule has 1 aromatic carbocycles. The van der Waals surface area contributed by atoms with Crippen LogP contribution >= 0.6 is 0 Å². The Hall–Kier alpha value is -1.60. The first-order valence-electron chi connectivity index (χ1n) is 7.93. The molecule has 2 aliphatic rings. The van der Waals surface area contributed by atoms with Gasteiger partial charge in [-0.05, 0) is 37.0 Å². The molecule has 0 spiro atoms. The Balaban J connectivity index is 1.53. The molecule has 0 radical (unpaired) electrons. The molecule has 7 heteroatoms. The SMILES string of the molecule is O=C1CCC(S(=O)(=O)NCCc2ccc3c(c2)OCCO3)CC1. The molecule has 0 aromatic heterocycles. The fourth-order valence-electron chi connectivity index (χ4n) is 2.92. The van der Waals surface area contributed by atoms with Crippen LogP contribution in [-0.4, -0.2) is 39.2 Å². The van der Waals surface area contributed by atoms with Crippen molar-refractivity contribution in [2.45, 2.75) is 37.4 Å². The minimum Gasteiger partial charge on any atom is -0.486 e. The number of carbonyl (C=O) groups is 1. The molecule has 0 saturated heterocycles. The molecule has 0 atom stereocenters. The van der Waals surface area contributed by atoms with Gasteiger partial charge in [0.25, 0.3) is 0 Å². The molecule has 0 bridgehead atoms. The Morgan fingerprint density at radius 3 is 2.52 bits per heavy atom. The second-order valence-electron chi connectivity index (χ2n) is 5.91. The van der Waals surface area contributed by atoms with E-state index in [9.17, 15) is 13.2 Å². The molecule has 126 valence electrons. The molecule has 1 aromatic rings. The molecule has 1 heterocycles. The van der Waals surface area contributed by atoms with Gasteiger partial charge in [-0.25, -0.2) is 13.1 Å². The zero-order valence-electron chi connectivity index (χ0n) is 12.9. The van der Waals surface area contributed by atoms with Crippen LogP contribution in [0.25, 0.3) is 0 Å². The highest BCUT2D eigenvalue weighted by Crippen LogP contribution is 2.30. The van der Waals surface area contributed by atoms with Crippen molar-refractivity contribution >= 4 is 15.8 Å². The van der Waals surface area contributed by atoms with Gasteiger partial charge in [-0.2, -0.15) is 0 Å². The van der Waals surface area contributed by atoms with Gasteiger partial charge in [-0.3, -0.25) is 4.79 Å². The van der Waals surface area contributed by atoms with E-state index in [1.54, 1.807) is 0 Å². The van der Waals surface area contributed by atoms with Crippen molar-refractivity contribution in [1.29, 1.82) is 0 Å². The van der Waals surface area contributed by atoms with Crippen molar-refractivity contribution in [1.82, 2.24) is 4.72 Å². The lowest BCUT2D eigenvalue weighted by atomic mass is 9.99. The standard InChI is InChI=1S/C16H21NO5S/c18-13-2-4-14(5-3-13)23(19,20)17-8-7-12-1-6-15-16(11-12)22-10-9-21-15/h1,6,11,14,17H,2-5,7-10H2. The number of ketones is 1. The molecule has 1 aliphatic carbocycles.